The van der Waals surface area contributed by atoms with E-state index in [1.54, 1.807) is 44.3 Å². The quantitative estimate of drug-likeness (QED) is 0.264. The normalized spacial score (nSPS) is 13.8. The van der Waals surface area contributed by atoms with E-state index in [4.69, 9.17) is 4.74 Å². The number of phenolic OH excluding ortho intramolecular Hbond substituents is 2. The third-order valence-corrected chi connectivity index (χ3v) is 7.38. The number of aromatic hydroxyl groups is 2. The van der Waals surface area contributed by atoms with Gasteiger partial charge >= 0.3 is 11.7 Å². The van der Waals surface area contributed by atoms with Crippen LogP contribution in [0, 0.1) is 0 Å². The molecule has 4 N–H and O–H groups in total. The van der Waals surface area contributed by atoms with Crippen LogP contribution < -0.4 is 21.9 Å². The number of rotatable bonds is 10. The summed E-state index contributed by atoms with van der Waals surface area (Å²) in [5, 5.41) is 25.9. The number of hydrogen-bond donors (Lipinski definition) is 4. The standard InChI is InChI=1S/C32H36N4O7/c1-5-19(2)43-31(41)24(34-29(39)28-26(37)7-6-8-27(28)38)17-20-9-13-22(14-10-20)36-30(40)23-15-11-21(18-33-3)12-16-25(23)35(4)32(36)42/h6-14,16,19,24,33,37-38H,5,15,17-18H2,1-4H3,(H,34,39). The van der Waals surface area contributed by atoms with E-state index in [0.717, 1.165) is 10.1 Å². The van der Waals surface area contributed by atoms with E-state index < -0.39 is 46.8 Å². The zero-order valence-corrected chi connectivity index (χ0v) is 24.6. The maximum Gasteiger partial charge on any atom is 0.335 e. The van der Waals surface area contributed by atoms with Gasteiger partial charge in [-0.2, -0.15) is 0 Å². The molecule has 0 spiro atoms. The van der Waals surface area contributed by atoms with Gasteiger partial charge in [0.05, 0.1) is 17.5 Å². The lowest BCUT2D eigenvalue weighted by molar-refractivity contribution is -0.150. The fourth-order valence-electron chi connectivity index (χ4n) is 4.81. The summed E-state index contributed by atoms with van der Waals surface area (Å²) in [5.41, 5.74) is 1.75. The summed E-state index contributed by atoms with van der Waals surface area (Å²) in [6.45, 7) is 4.22. The molecule has 11 heteroatoms. The molecule has 1 aliphatic rings. The molecule has 2 unspecified atom stereocenters. The molecular weight excluding hydrogens is 552 g/mol. The minimum absolute atomic E-state index is 0.0105. The first-order valence-corrected chi connectivity index (χ1v) is 14.0. The van der Waals surface area contributed by atoms with Crippen LogP contribution >= 0.6 is 0 Å². The zero-order chi connectivity index (χ0) is 31.3. The Labute approximate surface area is 248 Å². The molecule has 3 aromatic rings. The van der Waals surface area contributed by atoms with Crippen LogP contribution in [0.15, 0.2) is 69.8 Å². The van der Waals surface area contributed by atoms with Crippen LogP contribution in [0.4, 0.5) is 0 Å². The Hall–Kier alpha value is -4.90. The van der Waals surface area contributed by atoms with E-state index in [1.165, 1.54) is 22.8 Å². The van der Waals surface area contributed by atoms with Crippen molar-refractivity contribution in [1.29, 1.82) is 0 Å². The van der Waals surface area contributed by atoms with Gasteiger partial charge in [0.25, 0.3) is 11.5 Å². The smallest absolute Gasteiger partial charge is 0.335 e. The molecule has 0 fully saturated rings. The second kappa shape index (κ2) is 13.4. The van der Waals surface area contributed by atoms with Gasteiger partial charge in [0.2, 0.25) is 0 Å². The molecule has 0 bridgehead atoms. The first kappa shape index (κ1) is 31.0. The van der Waals surface area contributed by atoms with Crippen LogP contribution in [0.1, 0.15) is 47.4 Å². The van der Waals surface area contributed by atoms with Gasteiger partial charge in [-0.15, -0.1) is 0 Å². The fraction of sp³-hybridized carbons (Fsp3) is 0.312. The molecule has 226 valence electrons. The first-order valence-electron chi connectivity index (χ1n) is 14.0. The average molecular weight is 589 g/mol. The third-order valence-electron chi connectivity index (χ3n) is 7.38. The predicted molar refractivity (Wildman–Crippen MR) is 163 cm³/mol. The van der Waals surface area contributed by atoms with Gasteiger partial charge in [0.15, 0.2) is 0 Å². The van der Waals surface area contributed by atoms with Gasteiger partial charge in [-0.05, 0) is 68.3 Å². The summed E-state index contributed by atoms with van der Waals surface area (Å²) in [7, 11) is 3.46. The van der Waals surface area contributed by atoms with Crippen LogP contribution in [-0.2, 0) is 29.4 Å². The minimum Gasteiger partial charge on any atom is -0.507 e. The molecule has 1 aromatic heterocycles. The van der Waals surface area contributed by atoms with Gasteiger partial charge in [-0.25, -0.2) is 14.2 Å². The number of aromatic nitrogens is 2. The van der Waals surface area contributed by atoms with Crippen LogP contribution in [0.25, 0.3) is 11.8 Å². The van der Waals surface area contributed by atoms with Crippen molar-refractivity contribution in [2.45, 2.75) is 45.3 Å². The number of carbonyl (C=O) groups excluding carboxylic acids is 2. The first-order chi connectivity index (χ1) is 20.5. The summed E-state index contributed by atoms with van der Waals surface area (Å²) in [5.74, 6) is -2.41. The molecule has 0 saturated heterocycles. The number of hydrogen-bond acceptors (Lipinski definition) is 8. The Morgan fingerprint density at radius 3 is 2.35 bits per heavy atom. The molecule has 11 nitrogen and oxygen atoms in total. The number of esters is 1. The molecule has 0 radical (unpaired) electrons. The number of ether oxygens (including phenoxy) is 1. The molecule has 1 heterocycles. The van der Waals surface area contributed by atoms with Crippen molar-refractivity contribution in [2.24, 2.45) is 7.05 Å². The fourth-order valence-corrected chi connectivity index (χ4v) is 4.81. The van der Waals surface area contributed by atoms with E-state index >= 15 is 0 Å². The van der Waals surface area contributed by atoms with Crippen molar-refractivity contribution >= 4 is 18.0 Å². The summed E-state index contributed by atoms with van der Waals surface area (Å²) < 4.78 is 8.03. The second-order valence-electron chi connectivity index (χ2n) is 10.4. The van der Waals surface area contributed by atoms with Gasteiger partial charge in [0.1, 0.15) is 23.1 Å². The SMILES string of the molecule is CCC(C)OC(=O)C(Cc1ccc(-n2c(=O)c3c(n(C)c2=O)C=CC(CNC)=CC3)cc1)NC(=O)c1c(O)cccc1O. The van der Waals surface area contributed by atoms with Gasteiger partial charge in [0, 0.05) is 25.6 Å². The number of carbonyl (C=O) groups is 2. The zero-order valence-electron chi connectivity index (χ0n) is 24.6. The van der Waals surface area contributed by atoms with Crippen LogP contribution in [0.5, 0.6) is 11.5 Å². The predicted octanol–water partition coefficient (Wildman–Crippen LogP) is 2.35. The highest BCUT2D eigenvalue weighted by Gasteiger charge is 2.27. The molecule has 2 aromatic carbocycles. The van der Waals surface area contributed by atoms with Gasteiger partial charge in [-0.1, -0.05) is 37.3 Å². The maximum absolute atomic E-state index is 13.5. The molecule has 43 heavy (non-hydrogen) atoms. The molecule has 2 atom stereocenters. The van der Waals surface area contributed by atoms with Crippen molar-refractivity contribution in [3.05, 3.63) is 103 Å². The Balaban J connectivity index is 1.64. The van der Waals surface area contributed by atoms with E-state index in [0.29, 0.717) is 41.9 Å². The van der Waals surface area contributed by atoms with Crippen molar-refractivity contribution in [2.75, 3.05) is 13.6 Å². The molecular formula is C32H36N4O7. The molecule has 4 rings (SSSR count). The minimum atomic E-state index is -1.15. The number of benzene rings is 2. The van der Waals surface area contributed by atoms with Crippen LogP contribution in [0.3, 0.4) is 0 Å². The monoisotopic (exact) mass is 588 g/mol. The highest BCUT2D eigenvalue weighted by molar-refractivity contribution is 6.01. The number of phenols is 2. The molecule has 0 aliphatic heterocycles. The highest BCUT2D eigenvalue weighted by Crippen LogP contribution is 2.26. The summed E-state index contributed by atoms with van der Waals surface area (Å²) in [6.07, 6.45) is 6.18. The van der Waals surface area contributed by atoms with Gasteiger partial charge < -0.3 is 25.6 Å². The summed E-state index contributed by atoms with van der Waals surface area (Å²) in [6, 6.07) is 9.26. The van der Waals surface area contributed by atoms with Crippen molar-refractivity contribution in [3.63, 3.8) is 0 Å². The lowest BCUT2D eigenvalue weighted by Gasteiger charge is -2.21. The van der Waals surface area contributed by atoms with Crippen molar-refractivity contribution in [3.8, 4) is 17.2 Å². The molecule has 1 amide bonds. The van der Waals surface area contributed by atoms with E-state index in [1.807, 2.05) is 26.1 Å². The van der Waals surface area contributed by atoms with Crippen LogP contribution in [0.2, 0.25) is 0 Å². The van der Waals surface area contributed by atoms with Crippen LogP contribution in [-0.4, -0.2) is 57.0 Å². The van der Waals surface area contributed by atoms with Crippen molar-refractivity contribution in [1.82, 2.24) is 19.8 Å². The summed E-state index contributed by atoms with van der Waals surface area (Å²) >= 11 is 0. The number of fused-ring (bicyclic) bond motifs is 1. The topological polar surface area (TPSA) is 152 Å². The largest absolute Gasteiger partial charge is 0.507 e. The number of nitrogens with zero attached hydrogens (tertiary/aromatic N) is 2. The van der Waals surface area contributed by atoms with E-state index in [9.17, 15) is 29.4 Å². The molecule has 0 saturated carbocycles. The molecule has 1 aliphatic carbocycles. The van der Waals surface area contributed by atoms with E-state index in [2.05, 4.69) is 10.6 Å². The Bertz CT molecular complexity index is 1680. The second-order valence-corrected chi connectivity index (χ2v) is 10.4. The maximum atomic E-state index is 13.5. The third kappa shape index (κ3) is 6.78. The highest BCUT2D eigenvalue weighted by atomic mass is 16.5. The number of amides is 1. The Kier molecular flexibility index (Phi) is 9.66. The lowest BCUT2D eigenvalue weighted by atomic mass is 10.0. The van der Waals surface area contributed by atoms with Gasteiger partial charge in [-0.3, -0.25) is 14.2 Å². The Morgan fingerprint density at radius 1 is 1.05 bits per heavy atom. The summed E-state index contributed by atoms with van der Waals surface area (Å²) in [4.78, 5) is 52.8. The number of nitrogens with one attached hydrogen (secondary N) is 2. The van der Waals surface area contributed by atoms with Crippen molar-refractivity contribution < 1.29 is 24.5 Å². The lowest BCUT2D eigenvalue weighted by Crippen LogP contribution is -2.44. The Morgan fingerprint density at radius 2 is 1.72 bits per heavy atom. The average Bonchev–Trinajstić information content (AvgIpc) is 3.19. The number of allylic oxidation sites excluding steroid dienone is 1. The number of likely N-dealkylation sites (N-methyl/N-ethyl adjacent to an activating group) is 1. The van der Waals surface area contributed by atoms with E-state index in [-0.39, 0.29) is 12.0 Å².